The summed E-state index contributed by atoms with van der Waals surface area (Å²) < 4.78 is 36.2. The number of rotatable bonds is 4. The van der Waals surface area contributed by atoms with Gasteiger partial charge in [0.25, 0.3) is 0 Å². The van der Waals surface area contributed by atoms with E-state index < -0.39 is 9.84 Å². The van der Waals surface area contributed by atoms with Crippen LogP contribution in [0.1, 0.15) is 19.8 Å². The predicted octanol–water partition coefficient (Wildman–Crippen LogP) is 0.832. The van der Waals surface area contributed by atoms with Crippen molar-refractivity contribution in [2.24, 2.45) is 0 Å². The largest absolute Gasteiger partial charge is 0.490 e. The molecule has 7 nitrogen and oxygen atoms in total. The Morgan fingerprint density at radius 2 is 2.04 bits per heavy atom. The lowest BCUT2D eigenvalue weighted by Crippen LogP contribution is -2.51. The molecule has 1 fully saturated rings. The second-order valence-corrected chi connectivity index (χ2v) is 8.53. The van der Waals surface area contributed by atoms with Gasteiger partial charge in [0.1, 0.15) is 0 Å². The molecule has 138 valence electrons. The number of hydrogen-bond donors (Lipinski definition) is 1. The zero-order chi connectivity index (χ0) is 17.9. The van der Waals surface area contributed by atoms with E-state index in [1.807, 2.05) is 6.92 Å². The summed E-state index contributed by atoms with van der Waals surface area (Å²) in [6.07, 6.45) is 0.748. The Balaban J connectivity index is 1.65. The highest BCUT2D eigenvalue weighted by atomic mass is 32.2. The molecule has 0 unspecified atom stereocenters. The molecule has 3 rings (SSSR count). The minimum Gasteiger partial charge on any atom is -0.490 e. The molecule has 0 radical (unpaired) electrons. The van der Waals surface area contributed by atoms with Gasteiger partial charge in [-0.15, -0.1) is 0 Å². The zero-order valence-electron chi connectivity index (χ0n) is 14.4. The number of ether oxygens (including phenoxy) is 2. The van der Waals surface area contributed by atoms with Crippen LogP contribution in [0.5, 0.6) is 11.5 Å². The Hall–Kier alpha value is -1.80. The Labute approximate surface area is 148 Å². The van der Waals surface area contributed by atoms with Crippen LogP contribution < -0.4 is 14.8 Å². The fourth-order valence-corrected chi connectivity index (χ4v) is 4.23. The van der Waals surface area contributed by atoms with Gasteiger partial charge in [-0.2, -0.15) is 0 Å². The molecule has 2 aliphatic rings. The highest BCUT2D eigenvalue weighted by Crippen LogP contribution is 2.32. The third kappa shape index (κ3) is 4.43. The van der Waals surface area contributed by atoms with Gasteiger partial charge in [-0.3, -0.25) is 4.79 Å². The second-order valence-electron chi connectivity index (χ2n) is 6.42. The van der Waals surface area contributed by atoms with Crippen molar-refractivity contribution in [1.29, 1.82) is 0 Å². The van der Waals surface area contributed by atoms with Gasteiger partial charge >= 0.3 is 0 Å². The first kappa shape index (κ1) is 18.0. The quantitative estimate of drug-likeness (QED) is 0.847. The summed E-state index contributed by atoms with van der Waals surface area (Å²) in [6.45, 7) is 5.03. The van der Waals surface area contributed by atoms with Crippen LogP contribution in [0.15, 0.2) is 23.1 Å². The van der Waals surface area contributed by atoms with Gasteiger partial charge in [-0.1, -0.05) is 0 Å². The van der Waals surface area contributed by atoms with Crippen LogP contribution in [-0.4, -0.2) is 63.9 Å². The zero-order valence-corrected chi connectivity index (χ0v) is 15.2. The lowest BCUT2D eigenvalue weighted by Gasteiger charge is -2.31. The number of nitrogens with one attached hydrogen (secondary N) is 1. The van der Waals surface area contributed by atoms with E-state index in [1.54, 1.807) is 11.0 Å². The third-order valence-corrected chi connectivity index (χ3v) is 6.10. The van der Waals surface area contributed by atoms with Crippen molar-refractivity contribution in [3.63, 3.8) is 0 Å². The van der Waals surface area contributed by atoms with E-state index in [0.717, 1.165) is 13.0 Å². The molecule has 0 aromatic heterocycles. The Morgan fingerprint density at radius 1 is 1.28 bits per heavy atom. The average Bonchev–Trinajstić information content (AvgIpc) is 2.84. The molecule has 0 bridgehead atoms. The maximum Gasteiger partial charge on any atom is 0.223 e. The molecule has 0 aliphatic carbocycles. The van der Waals surface area contributed by atoms with E-state index in [0.29, 0.717) is 37.8 Å². The van der Waals surface area contributed by atoms with Crippen LogP contribution in [0.4, 0.5) is 0 Å². The molecule has 2 aliphatic heterocycles. The van der Waals surface area contributed by atoms with E-state index in [4.69, 9.17) is 9.47 Å². The monoisotopic (exact) mass is 368 g/mol. The Kier molecular flexibility index (Phi) is 5.48. The minimum atomic E-state index is -3.55. The molecule has 1 amide bonds. The van der Waals surface area contributed by atoms with Gasteiger partial charge in [0.15, 0.2) is 21.3 Å². The van der Waals surface area contributed by atoms with Crippen molar-refractivity contribution >= 4 is 15.7 Å². The first-order valence-corrected chi connectivity index (χ1v) is 10.2. The number of carbonyl (C=O) groups excluding carboxylic acids is 1. The van der Waals surface area contributed by atoms with Gasteiger partial charge in [-0.25, -0.2) is 8.42 Å². The summed E-state index contributed by atoms with van der Waals surface area (Å²) in [4.78, 5) is 14.2. The SMILES string of the molecule is C[C@H]1CN(C(=O)CCS(=O)(=O)c2ccc3c(c2)OCCCO3)CCN1. The molecule has 0 spiro atoms. The summed E-state index contributed by atoms with van der Waals surface area (Å²) >= 11 is 0. The van der Waals surface area contributed by atoms with Crippen LogP contribution in [-0.2, 0) is 14.6 Å². The second kappa shape index (κ2) is 7.61. The molecular formula is C17H24N2O5S. The van der Waals surface area contributed by atoms with Crippen LogP contribution in [0.25, 0.3) is 0 Å². The summed E-state index contributed by atoms with van der Waals surface area (Å²) in [5.41, 5.74) is 0. The smallest absolute Gasteiger partial charge is 0.223 e. The lowest BCUT2D eigenvalue weighted by molar-refractivity contribution is -0.131. The molecule has 1 atom stereocenters. The number of carbonyl (C=O) groups is 1. The first-order valence-electron chi connectivity index (χ1n) is 8.59. The van der Waals surface area contributed by atoms with Crippen molar-refractivity contribution in [3.05, 3.63) is 18.2 Å². The number of piperazine rings is 1. The number of benzene rings is 1. The highest BCUT2D eigenvalue weighted by molar-refractivity contribution is 7.91. The normalized spacial score (nSPS) is 20.8. The average molecular weight is 368 g/mol. The van der Waals surface area contributed by atoms with E-state index in [1.165, 1.54) is 12.1 Å². The van der Waals surface area contributed by atoms with E-state index in [9.17, 15) is 13.2 Å². The van der Waals surface area contributed by atoms with Crippen LogP contribution >= 0.6 is 0 Å². The summed E-state index contributed by atoms with van der Waals surface area (Å²) in [6, 6.07) is 4.86. The maximum absolute atomic E-state index is 12.6. The van der Waals surface area contributed by atoms with Gasteiger partial charge in [0.05, 0.1) is 23.9 Å². The van der Waals surface area contributed by atoms with Crippen molar-refractivity contribution in [2.45, 2.75) is 30.7 Å². The predicted molar refractivity (Wildman–Crippen MR) is 92.8 cm³/mol. The van der Waals surface area contributed by atoms with E-state index in [2.05, 4.69) is 5.32 Å². The summed E-state index contributed by atoms with van der Waals surface area (Å²) in [5, 5.41) is 3.26. The Morgan fingerprint density at radius 3 is 2.80 bits per heavy atom. The van der Waals surface area contributed by atoms with Gasteiger partial charge in [0, 0.05) is 44.6 Å². The molecule has 1 N–H and O–H groups in total. The third-order valence-electron chi connectivity index (χ3n) is 4.38. The number of hydrogen-bond acceptors (Lipinski definition) is 6. The van der Waals surface area contributed by atoms with E-state index >= 15 is 0 Å². The molecule has 0 saturated carbocycles. The van der Waals surface area contributed by atoms with Crippen LogP contribution in [0.3, 0.4) is 0 Å². The maximum atomic E-state index is 12.6. The number of nitrogens with zero attached hydrogens (tertiary/aromatic N) is 1. The Bertz CT molecular complexity index is 735. The lowest BCUT2D eigenvalue weighted by atomic mass is 10.2. The van der Waals surface area contributed by atoms with Crippen molar-refractivity contribution in [3.8, 4) is 11.5 Å². The minimum absolute atomic E-state index is 0.0104. The standard InChI is InChI=1S/C17H24N2O5S/c1-13-12-19(7-6-18-13)17(20)5-10-25(21,22)14-3-4-15-16(11-14)24-9-2-8-23-15/h3-4,11,13,18H,2,5-10,12H2,1H3/t13-/m0/s1. The molecule has 2 heterocycles. The molecule has 8 heteroatoms. The molecule has 25 heavy (non-hydrogen) atoms. The highest BCUT2D eigenvalue weighted by Gasteiger charge is 2.24. The fourth-order valence-electron chi connectivity index (χ4n) is 2.99. The first-order chi connectivity index (χ1) is 12.0. The van der Waals surface area contributed by atoms with E-state index in [-0.39, 0.29) is 29.0 Å². The summed E-state index contributed by atoms with van der Waals surface area (Å²) in [5.74, 6) is 0.679. The summed E-state index contributed by atoms with van der Waals surface area (Å²) in [7, 11) is -3.55. The van der Waals surface area contributed by atoms with Crippen LogP contribution in [0, 0.1) is 0 Å². The molecule has 1 saturated heterocycles. The topological polar surface area (TPSA) is 84.9 Å². The molecule has 1 aromatic carbocycles. The molecular weight excluding hydrogens is 344 g/mol. The van der Waals surface area contributed by atoms with Gasteiger partial charge in [0.2, 0.25) is 5.91 Å². The van der Waals surface area contributed by atoms with Gasteiger partial charge < -0.3 is 19.7 Å². The van der Waals surface area contributed by atoms with Crippen molar-refractivity contribution in [1.82, 2.24) is 10.2 Å². The fraction of sp³-hybridized carbons (Fsp3) is 0.588. The molecule has 1 aromatic rings. The van der Waals surface area contributed by atoms with Gasteiger partial charge in [-0.05, 0) is 19.1 Å². The van der Waals surface area contributed by atoms with Crippen LogP contribution in [0.2, 0.25) is 0 Å². The number of fused-ring (bicyclic) bond motifs is 1. The van der Waals surface area contributed by atoms with Crippen molar-refractivity contribution in [2.75, 3.05) is 38.6 Å². The number of amides is 1. The van der Waals surface area contributed by atoms with Crippen molar-refractivity contribution < 1.29 is 22.7 Å². The number of sulfone groups is 1.